The lowest BCUT2D eigenvalue weighted by atomic mass is 9.95. The monoisotopic (exact) mass is 490 g/mol. The number of nitrogens with one attached hydrogen (secondary N) is 2. The topological polar surface area (TPSA) is 100 Å². The zero-order valence-corrected chi connectivity index (χ0v) is 19.0. The third-order valence-corrected chi connectivity index (χ3v) is 7.55. The first-order chi connectivity index (χ1) is 15.4. The first-order valence-corrected chi connectivity index (χ1v) is 12.6. The summed E-state index contributed by atoms with van der Waals surface area (Å²) in [5.74, 6) is -2.94. The lowest BCUT2D eigenvalue weighted by Gasteiger charge is -2.35. The zero-order chi connectivity index (χ0) is 24.0. The lowest BCUT2D eigenvalue weighted by molar-refractivity contribution is -0.000663. The largest absolute Gasteiger partial charge is 0.359 e. The minimum absolute atomic E-state index is 0.0399. The van der Waals surface area contributed by atoms with Crippen molar-refractivity contribution in [3.63, 3.8) is 0 Å². The van der Waals surface area contributed by atoms with Crippen LogP contribution >= 0.6 is 0 Å². The zero-order valence-electron chi connectivity index (χ0n) is 18.2. The van der Waals surface area contributed by atoms with E-state index in [-0.39, 0.29) is 47.5 Å². The van der Waals surface area contributed by atoms with E-state index in [4.69, 9.17) is 0 Å². The summed E-state index contributed by atoms with van der Waals surface area (Å²) in [7, 11) is -3.29. The highest BCUT2D eigenvalue weighted by Gasteiger charge is 2.44. The van der Waals surface area contributed by atoms with Gasteiger partial charge in [0.2, 0.25) is 16.0 Å². The van der Waals surface area contributed by atoms with Crippen LogP contribution in [0.25, 0.3) is 10.9 Å². The van der Waals surface area contributed by atoms with Gasteiger partial charge in [-0.15, -0.1) is 0 Å². The molecule has 13 heteroatoms. The van der Waals surface area contributed by atoms with Crippen LogP contribution in [0.3, 0.4) is 0 Å². The molecule has 1 aliphatic heterocycles. The van der Waals surface area contributed by atoms with Crippen molar-refractivity contribution in [2.45, 2.75) is 57.0 Å². The molecule has 0 amide bonds. The minimum Gasteiger partial charge on any atom is -0.359 e. The molecular weight excluding hydrogens is 464 g/mol. The van der Waals surface area contributed by atoms with Crippen molar-refractivity contribution in [3.05, 3.63) is 18.0 Å². The maximum Gasteiger partial charge on any atom is 0.280 e. The molecule has 3 atom stereocenters. The molecule has 1 saturated heterocycles. The number of aromatic nitrogens is 3. The van der Waals surface area contributed by atoms with E-state index in [0.29, 0.717) is 25.9 Å². The van der Waals surface area contributed by atoms with Crippen molar-refractivity contribution in [1.82, 2.24) is 19.3 Å². The van der Waals surface area contributed by atoms with E-state index >= 15 is 0 Å². The lowest BCUT2D eigenvalue weighted by Crippen LogP contribution is -2.47. The van der Waals surface area contributed by atoms with Crippen LogP contribution in [-0.4, -0.2) is 65.0 Å². The average molecular weight is 491 g/mol. The molecular formula is C20H26F4N6O2S. The molecule has 2 aliphatic rings. The van der Waals surface area contributed by atoms with Crippen LogP contribution in [0.2, 0.25) is 0 Å². The fourth-order valence-corrected chi connectivity index (χ4v) is 5.34. The molecule has 182 valence electrons. The molecule has 0 aromatic carbocycles. The van der Waals surface area contributed by atoms with Crippen molar-refractivity contribution in [2.75, 3.05) is 30.0 Å². The quantitative estimate of drug-likeness (QED) is 0.597. The van der Waals surface area contributed by atoms with Crippen molar-refractivity contribution in [2.24, 2.45) is 5.92 Å². The highest BCUT2D eigenvalue weighted by molar-refractivity contribution is 7.88. The Bertz CT molecular complexity index is 1130. The molecule has 1 saturated carbocycles. The normalized spacial score (nSPS) is 26.1. The van der Waals surface area contributed by atoms with Gasteiger partial charge in [0, 0.05) is 37.1 Å². The van der Waals surface area contributed by atoms with Gasteiger partial charge in [-0.05, 0) is 31.2 Å². The molecule has 2 aromatic rings. The molecule has 0 bridgehead atoms. The molecule has 33 heavy (non-hydrogen) atoms. The van der Waals surface area contributed by atoms with Gasteiger partial charge in [-0.1, -0.05) is 6.92 Å². The van der Waals surface area contributed by atoms with Crippen molar-refractivity contribution in [1.29, 1.82) is 0 Å². The Morgan fingerprint density at radius 1 is 1.21 bits per heavy atom. The summed E-state index contributed by atoms with van der Waals surface area (Å²) in [6, 6.07) is -0.188. The molecule has 1 aliphatic carbocycles. The fraction of sp³-hybridized carbons (Fsp3) is 0.650. The molecule has 2 N–H and O–H groups in total. The summed E-state index contributed by atoms with van der Waals surface area (Å²) < 4.78 is 80.1. The summed E-state index contributed by atoms with van der Waals surface area (Å²) in [4.78, 5) is 12.5. The third kappa shape index (κ3) is 5.13. The van der Waals surface area contributed by atoms with Crippen molar-refractivity contribution in [3.8, 4) is 0 Å². The van der Waals surface area contributed by atoms with Gasteiger partial charge >= 0.3 is 0 Å². The second kappa shape index (κ2) is 8.82. The first kappa shape index (κ1) is 23.9. The Kier molecular flexibility index (Phi) is 6.38. The van der Waals surface area contributed by atoms with E-state index in [1.807, 2.05) is 6.92 Å². The smallest absolute Gasteiger partial charge is 0.280 e. The van der Waals surface area contributed by atoms with Crippen LogP contribution in [0, 0.1) is 5.92 Å². The highest BCUT2D eigenvalue weighted by atomic mass is 32.2. The predicted molar refractivity (Wildman–Crippen MR) is 116 cm³/mol. The first-order valence-electron chi connectivity index (χ1n) is 10.8. The van der Waals surface area contributed by atoms with E-state index in [1.165, 1.54) is 16.8 Å². The Hall–Kier alpha value is -2.28. The highest BCUT2D eigenvalue weighted by Crippen LogP contribution is 2.38. The molecule has 2 aromatic heterocycles. The minimum atomic E-state index is -3.29. The molecule has 2 fully saturated rings. The summed E-state index contributed by atoms with van der Waals surface area (Å²) in [6.07, 6.45) is 0.415. The summed E-state index contributed by atoms with van der Waals surface area (Å²) in [6.45, 7) is 2.59. The number of hydrogen-bond acceptors (Lipinski definition) is 7. The number of rotatable bonds is 6. The molecule has 8 nitrogen and oxygen atoms in total. The van der Waals surface area contributed by atoms with Gasteiger partial charge < -0.3 is 10.6 Å². The van der Waals surface area contributed by atoms with Crippen LogP contribution in [0.4, 0.5) is 29.3 Å². The van der Waals surface area contributed by atoms with Gasteiger partial charge in [-0.3, -0.25) is 0 Å². The Morgan fingerprint density at radius 3 is 2.58 bits per heavy atom. The van der Waals surface area contributed by atoms with Crippen molar-refractivity contribution < 1.29 is 26.0 Å². The molecule has 3 unspecified atom stereocenters. The van der Waals surface area contributed by atoms with Gasteiger partial charge in [-0.25, -0.2) is 45.2 Å². The number of fused-ring (bicyclic) bond motifs is 1. The third-order valence-electron chi connectivity index (χ3n) is 6.28. The Labute approximate surface area is 189 Å². The summed E-state index contributed by atoms with van der Waals surface area (Å²) in [5.41, 5.74) is -0.377. The van der Waals surface area contributed by atoms with E-state index in [9.17, 15) is 26.0 Å². The average Bonchev–Trinajstić information content (AvgIpc) is 3.06. The Balaban J connectivity index is 1.61. The molecule has 3 heterocycles. The van der Waals surface area contributed by atoms with Crippen LogP contribution in [0.15, 0.2) is 12.3 Å². The van der Waals surface area contributed by atoms with Crippen LogP contribution < -0.4 is 10.6 Å². The second-order valence-electron chi connectivity index (χ2n) is 8.82. The van der Waals surface area contributed by atoms with Crippen molar-refractivity contribution >= 4 is 32.7 Å². The SMILES string of the molecule is CC1CN(S(C)(=O)=O)CCC1Nc1ncc2cc(C(F)F)nc(NC3CCCC3(F)F)c2n1. The number of nitrogens with zero attached hydrogens (tertiary/aromatic N) is 4. The van der Waals surface area contributed by atoms with E-state index in [0.717, 1.165) is 6.07 Å². The summed E-state index contributed by atoms with van der Waals surface area (Å²) in [5, 5.41) is 6.08. The van der Waals surface area contributed by atoms with Crippen LogP contribution in [-0.2, 0) is 10.0 Å². The van der Waals surface area contributed by atoms with Gasteiger partial charge in [0.05, 0.1) is 12.3 Å². The molecule has 4 rings (SSSR count). The number of pyridine rings is 1. The van der Waals surface area contributed by atoms with E-state index in [2.05, 4.69) is 25.6 Å². The molecule has 0 spiro atoms. The number of hydrogen-bond donors (Lipinski definition) is 2. The summed E-state index contributed by atoms with van der Waals surface area (Å²) >= 11 is 0. The second-order valence-corrected chi connectivity index (χ2v) is 10.8. The number of alkyl halides is 4. The van der Waals surface area contributed by atoms with Gasteiger partial charge in [0.1, 0.15) is 11.2 Å². The van der Waals surface area contributed by atoms with Gasteiger partial charge in [0.15, 0.2) is 5.82 Å². The predicted octanol–water partition coefficient (Wildman–Crippen LogP) is 3.64. The standard InChI is InChI=1S/C20H26F4N6O2S/c1-11-10-30(33(2,31)32)7-5-13(11)27-19-25-9-12-8-14(17(21)22)26-18(16(12)29-19)28-15-4-3-6-20(15,23)24/h8-9,11,13,15,17H,3-7,10H2,1-2H3,(H,26,28)(H,25,27,29). The van der Waals surface area contributed by atoms with Crippen LogP contribution in [0.1, 0.15) is 44.7 Å². The Morgan fingerprint density at radius 2 is 1.97 bits per heavy atom. The number of piperidine rings is 1. The number of halogens is 4. The maximum absolute atomic E-state index is 14.2. The van der Waals surface area contributed by atoms with E-state index < -0.39 is 34.1 Å². The van der Waals surface area contributed by atoms with E-state index in [1.54, 1.807) is 0 Å². The van der Waals surface area contributed by atoms with Gasteiger partial charge in [0.25, 0.3) is 12.3 Å². The fourth-order valence-electron chi connectivity index (χ4n) is 4.40. The van der Waals surface area contributed by atoms with Crippen LogP contribution in [0.5, 0.6) is 0 Å². The maximum atomic E-state index is 14.2. The van der Waals surface area contributed by atoms with Gasteiger partial charge in [-0.2, -0.15) is 0 Å². The molecule has 0 radical (unpaired) electrons. The number of anilines is 2. The number of sulfonamides is 1.